The maximum Gasteiger partial charge on any atom is 0.258 e. The van der Waals surface area contributed by atoms with E-state index in [2.05, 4.69) is 20.6 Å². The summed E-state index contributed by atoms with van der Waals surface area (Å²) in [6, 6.07) is 3.23. The van der Waals surface area contributed by atoms with Crippen LogP contribution in [-0.4, -0.2) is 66.6 Å². The van der Waals surface area contributed by atoms with E-state index in [1.807, 2.05) is 20.8 Å². The second kappa shape index (κ2) is 10.6. The smallest absolute Gasteiger partial charge is 0.258 e. The SMILES string of the molecule is CCN(CC(=O)NCC(=O)NC(C)C)Cc1nc2cc(OC)c(OC)cc2c(=O)[nH]1. The van der Waals surface area contributed by atoms with Gasteiger partial charge in [0.1, 0.15) is 5.82 Å². The van der Waals surface area contributed by atoms with E-state index in [-0.39, 0.29) is 43.0 Å². The molecule has 3 N–H and O–H groups in total. The molecule has 1 aromatic carbocycles. The highest BCUT2D eigenvalue weighted by Gasteiger charge is 2.15. The van der Waals surface area contributed by atoms with Gasteiger partial charge in [0.15, 0.2) is 11.5 Å². The second-order valence-corrected chi connectivity index (χ2v) is 7.04. The van der Waals surface area contributed by atoms with Crippen LogP contribution in [0.15, 0.2) is 16.9 Å². The fraction of sp³-hybridized carbons (Fsp3) is 0.500. The number of nitrogens with one attached hydrogen (secondary N) is 3. The molecule has 2 rings (SSSR count). The van der Waals surface area contributed by atoms with Gasteiger partial charge in [0, 0.05) is 12.1 Å². The van der Waals surface area contributed by atoms with Crippen LogP contribution in [-0.2, 0) is 16.1 Å². The van der Waals surface area contributed by atoms with E-state index >= 15 is 0 Å². The van der Waals surface area contributed by atoms with Crippen LogP contribution in [0, 0.1) is 0 Å². The van der Waals surface area contributed by atoms with Crippen molar-refractivity contribution in [3.05, 3.63) is 28.3 Å². The van der Waals surface area contributed by atoms with Crippen molar-refractivity contribution in [1.82, 2.24) is 25.5 Å². The number of fused-ring (bicyclic) bond motifs is 1. The van der Waals surface area contributed by atoms with E-state index in [0.29, 0.717) is 34.8 Å². The molecular weight excluding hydrogens is 390 g/mol. The third kappa shape index (κ3) is 6.18. The van der Waals surface area contributed by atoms with Gasteiger partial charge in [-0.05, 0) is 26.5 Å². The van der Waals surface area contributed by atoms with Crippen molar-refractivity contribution in [2.75, 3.05) is 33.9 Å². The van der Waals surface area contributed by atoms with Crippen LogP contribution in [0.3, 0.4) is 0 Å². The Labute approximate surface area is 175 Å². The Hall–Kier alpha value is -3.14. The van der Waals surface area contributed by atoms with Crippen molar-refractivity contribution in [2.45, 2.75) is 33.4 Å². The molecular formula is C20H29N5O5. The van der Waals surface area contributed by atoms with Gasteiger partial charge >= 0.3 is 0 Å². The number of nitrogens with zero attached hydrogens (tertiary/aromatic N) is 2. The van der Waals surface area contributed by atoms with E-state index in [1.54, 1.807) is 17.0 Å². The summed E-state index contributed by atoms with van der Waals surface area (Å²) in [5.41, 5.74) is 0.166. The first-order valence-corrected chi connectivity index (χ1v) is 9.70. The second-order valence-electron chi connectivity index (χ2n) is 7.04. The highest BCUT2D eigenvalue weighted by Crippen LogP contribution is 2.29. The van der Waals surface area contributed by atoms with Crippen molar-refractivity contribution < 1.29 is 19.1 Å². The van der Waals surface area contributed by atoms with Crippen molar-refractivity contribution in [3.63, 3.8) is 0 Å². The molecule has 0 unspecified atom stereocenters. The summed E-state index contributed by atoms with van der Waals surface area (Å²) in [5.74, 6) is 0.808. The molecule has 0 radical (unpaired) electrons. The minimum Gasteiger partial charge on any atom is -0.493 e. The summed E-state index contributed by atoms with van der Waals surface area (Å²) in [7, 11) is 3.01. The van der Waals surface area contributed by atoms with Crippen molar-refractivity contribution in [3.8, 4) is 11.5 Å². The van der Waals surface area contributed by atoms with Crippen LogP contribution in [0.2, 0.25) is 0 Å². The van der Waals surface area contributed by atoms with E-state index < -0.39 is 0 Å². The van der Waals surface area contributed by atoms with Crippen LogP contribution in [0.25, 0.3) is 10.9 Å². The molecule has 0 bridgehead atoms. The summed E-state index contributed by atoms with van der Waals surface area (Å²) < 4.78 is 10.5. The number of carbonyl (C=O) groups is 2. The Balaban J connectivity index is 2.10. The first kappa shape index (κ1) is 23.1. The maximum absolute atomic E-state index is 12.5. The predicted molar refractivity (Wildman–Crippen MR) is 113 cm³/mol. The monoisotopic (exact) mass is 419 g/mol. The Morgan fingerprint density at radius 1 is 1.17 bits per heavy atom. The number of amides is 2. The zero-order chi connectivity index (χ0) is 22.3. The summed E-state index contributed by atoms with van der Waals surface area (Å²) >= 11 is 0. The minimum absolute atomic E-state index is 0.0101. The molecule has 1 aromatic heterocycles. The molecule has 0 saturated heterocycles. The lowest BCUT2D eigenvalue weighted by molar-refractivity contribution is -0.127. The number of carbonyl (C=O) groups excluding carboxylic acids is 2. The van der Waals surface area contributed by atoms with E-state index in [4.69, 9.17) is 9.47 Å². The molecule has 2 amide bonds. The van der Waals surface area contributed by atoms with Gasteiger partial charge in [-0.2, -0.15) is 0 Å². The van der Waals surface area contributed by atoms with Crippen molar-refractivity contribution in [2.24, 2.45) is 0 Å². The number of aromatic amines is 1. The third-order valence-electron chi connectivity index (χ3n) is 4.34. The van der Waals surface area contributed by atoms with Crippen LogP contribution in [0.5, 0.6) is 11.5 Å². The zero-order valence-corrected chi connectivity index (χ0v) is 18.0. The van der Waals surface area contributed by atoms with Crippen LogP contribution in [0.1, 0.15) is 26.6 Å². The highest BCUT2D eigenvalue weighted by atomic mass is 16.5. The van der Waals surface area contributed by atoms with Crippen LogP contribution in [0.4, 0.5) is 0 Å². The standard InChI is InChI=1S/C20H29N5O5/c1-6-25(11-19(27)21-9-18(26)22-12(2)3)10-17-23-14-8-16(30-5)15(29-4)7-13(14)20(28)24-17/h7-8,12H,6,9-11H2,1-5H3,(H,21,27)(H,22,26)(H,23,24,28). The number of hydrogen-bond donors (Lipinski definition) is 3. The highest BCUT2D eigenvalue weighted by molar-refractivity contribution is 5.85. The molecule has 0 aliphatic rings. The number of aromatic nitrogens is 2. The molecule has 0 atom stereocenters. The lowest BCUT2D eigenvalue weighted by Crippen LogP contribution is -2.43. The third-order valence-corrected chi connectivity index (χ3v) is 4.34. The van der Waals surface area contributed by atoms with E-state index in [9.17, 15) is 14.4 Å². The first-order chi connectivity index (χ1) is 14.3. The molecule has 30 heavy (non-hydrogen) atoms. The molecule has 0 aliphatic heterocycles. The number of ether oxygens (including phenoxy) is 2. The lowest BCUT2D eigenvalue weighted by atomic mass is 10.2. The molecule has 1 heterocycles. The number of rotatable bonds is 10. The summed E-state index contributed by atoms with van der Waals surface area (Å²) in [5, 5.41) is 5.68. The average molecular weight is 419 g/mol. The fourth-order valence-corrected chi connectivity index (χ4v) is 2.89. The largest absolute Gasteiger partial charge is 0.493 e. The quantitative estimate of drug-likeness (QED) is 0.509. The maximum atomic E-state index is 12.5. The van der Waals surface area contributed by atoms with Gasteiger partial charge in [-0.25, -0.2) is 4.98 Å². The fourth-order valence-electron chi connectivity index (χ4n) is 2.89. The molecule has 0 saturated carbocycles. The Morgan fingerprint density at radius 3 is 2.43 bits per heavy atom. The Bertz CT molecular complexity index is 956. The number of benzene rings is 1. The molecule has 164 valence electrons. The average Bonchev–Trinajstić information content (AvgIpc) is 2.70. The Morgan fingerprint density at radius 2 is 1.83 bits per heavy atom. The van der Waals surface area contributed by atoms with E-state index in [1.165, 1.54) is 14.2 Å². The molecule has 2 aromatic rings. The van der Waals surface area contributed by atoms with Crippen LogP contribution < -0.4 is 25.7 Å². The van der Waals surface area contributed by atoms with Gasteiger partial charge in [0.2, 0.25) is 11.8 Å². The number of methoxy groups -OCH3 is 2. The number of H-pyrrole nitrogens is 1. The molecule has 10 nitrogen and oxygen atoms in total. The van der Waals surface area contributed by atoms with Gasteiger partial charge in [-0.3, -0.25) is 19.3 Å². The van der Waals surface area contributed by atoms with Crippen LogP contribution >= 0.6 is 0 Å². The molecule has 0 spiro atoms. The van der Waals surface area contributed by atoms with Crippen molar-refractivity contribution in [1.29, 1.82) is 0 Å². The normalized spacial score (nSPS) is 11.0. The minimum atomic E-state index is -0.304. The van der Waals surface area contributed by atoms with Gasteiger partial charge in [-0.15, -0.1) is 0 Å². The van der Waals surface area contributed by atoms with Gasteiger partial charge in [0.25, 0.3) is 5.56 Å². The molecule has 0 aliphatic carbocycles. The van der Waals surface area contributed by atoms with Gasteiger partial charge < -0.3 is 25.1 Å². The first-order valence-electron chi connectivity index (χ1n) is 9.70. The van der Waals surface area contributed by atoms with Crippen molar-refractivity contribution >= 4 is 22.7 Å². The number of hydrogen-bond acceptors (Lipinski definition) is 7. The topological polar surface area (TPSA) is 126 Å². The van der Waals surface area contributed by atoms with Gasteiger partial charge in [0.05, 0.1) is 44.8 Å². The van der Waals surface area contributed by atoms with E-state index in [0.717, 1.165) is 0 Å². The predicted octanol–water partition coefficient (Wildman–Crippen LogP) is 0.403. The molecule has 0 fully saturated rings. The number of likely N-dealkylation sites (N-methyl/N-ethyl adjacent to an activating group) is 1. The Kier molecular flexibility index (Phi) is 8.16. The summed E-state index contributed by atoms with van der Waals surface area (Å²) in [4.78, 5) is 45.4. The molecule has 10 heteroatoms. The summed E-state index contributed by atoms with van der Waals surface area (Å²) in [6.07, 6.45) is 0. The van der Waals surface area contributed by atoms with Gasteiger partial charge in [-0.1, -0.05) is 6.92 Å². The summed E-state index contributed by atoms with van der Waals surface area (Å²) in [6.45, 7) is 6.40. The lowest BCUT2D eigenvalue weighted by Gasteiger charge is -2.19. The zero-order valence-electron chi connectivity index (χ0n) is 18.0.